The molecule has 0 fully saturated rings. The average Bonchev–Trinajstić information content (AvgIpc) is 2.29. The number of nitrogens with one attached hydrogen (secondary N) is 2. The standard InChI is InChI=1S/C11H9BrCl2N2O3/c1-5(12)4-15-11(19)16-9-7(10(17)18)2-6(13)3-8(9)14/h2-3H,1,4H2,(H,17,18)(H2,15,16,19). The van der Waals surface area contributed by atoms with E-state index in [0.29, 0.717) is 4.48 Å². The molecule has 0 aromatic heterocycles. The Kier molecular flexibility index (Phi) is 5.65. The highest BCUT2D eigenvalue weighted by atomic mass is 79.9. The molecule has 0 bridgehead atoms. The summed E-state index contributed by atoms with van der Waals surface area (Å²) in [4.78, 5) is 22.6. The first kappa shape index (κ1) is 15.8. The van der Waals surface area contributed by atoms with Gasteiger partial charge < -0.3 is 15.7 Å². The molecule has 1 aromatic carbocycles. The van der Waals surface area contributed by atoms with Crippen LogP contribution in [0.4, 0.5) is 10.5 Å². The van der Waals surface area contributed by atoms with Gasteiger partial charge in [-0.3, -0.25) is 0 Å². The van der Waals surface area contributed by atoms with E-state index in [2.05, 4.69) is 33.1 Å². The van der Waals surface area contributed by atoms with Crippen LogP contribution in [0.5, 0.6) is 0 Å². The van der Waals surface area contributed by atoms with Gasteiger partial charge in [0, 0.05) is 9.51 Å². The van der Waals surface area contributed by atoms with Crippen molar-refractivity contribution < 1.29 is 14.7 Å². The summed E-state index contributed by atoms with van der Waals surface area (Å²) in [5.41, 5.74) is -0.207. The number of halogens is 3. The predicted molar refractivity (Wildman–Crippen MR) is 78.5 cm³/mol. The topological polar surface area (TPSA) is 78.4 Å². The zero-order valence-corrected chi connectivity index (χ0v) is 12.6. The van der Waals surface area contributed by atoms with Crippen LogP contribution in [0.1, 0.15) is 10.4 Å². The summed E-state index contributed by atoms with van der Waals surface area (Å²) >= 11 is 14.7. The number of carboxylic acids is 1. The summed E-state index contributed by atoms with van der Waals surface area (Å²) in [6.07, 6.45) is 0. The Hall–Kier alpha value is -1.24. The molecule has 0 atom stereocenters. The molecule has 0 saturated carbocycles. The lowest BCUT2D eigenvalue weighted by atomic mass is 10.2. The number of hydrogen-bond acceptors (Lipinski definition) is 2. The third-order valence-electron chi connectivity index (χ3n) is 1.96. The van der Waals surface area contributed by atoms with Crippen molar-refractivity contribution >= 4 is 56.8 Å². The zero-order valence-electron chi connectivity index (χ0n) is 9.47. The lowest BCUT2D eigenvalue weighted by Gasteiger charge is -2.11. The summed E-state index contributed by atoms with van der Waals surface area (Å²) in [7, 11) is 0. The van der Waals surface area contributed by atoms with Gasteiger partial charge in [0.05, 0.1) is 22.8 Å². The molecule has 1 rings (SSSR count). The van der Waals surface area contributed by atoms with Crippen molar-refractivity contribution in [1.82, 2.24) is 5.32 Å². The molecule has 0 spiro atoms. The van der Waals surface area contributed by atoms with Crippen molar-refractivity contribution in [3.8, 4) is 0 Å². The van der Waals surface area contributed by atoms with E-state index in [1.165, 1.54) is 12.1 Å². The van der Waals surface area contributed by atoms with E-state index in [1.807, 2.05) is 0 Å². The van der Waals surface area contributed by atoms with Crippen molar-refractivity contribution in [3.63, 3.8) is 0 Å². The normalized spacial score (nSPS) is 9.84. The monoisotopic (exact) mass is 366 g/mol. The van der Waals surface area contributed by atoms with E-state index >= 15 is 0 Å². The van der Waals surface area contributed by atoms with Gasteiger partial charge in [0.2, 0.25) is 0 Å². The highest BCUT2D eigenvalue weighted by Gasteiger charge is 2.17. The molecule has 0 saturated heterocycles. The lowest BCUT2D eigenvalue weighted by Crippen LogP contribution is -2.30. The van der Waals surface area contributed by atoms with Gasteiger partial charge in [-0.05, 0) is 12.1 Å². The molecule has 0 unspecified atom stereocenters. The molecule has 0 heterocycles. The summed E-state index contributed by atoms with van der Waals surface area (Å²) < 4.78 is 0.573. The number of hydrogen-bond donors (Lipinski definition) is 3. The molecular weight excluding hydrogens is 359 g/mol. The Balaban J connectivity index is 2.97. The molecule has 19 heavy (non-hydrogen) atoms. The van der Waals surface area contributed by atoms with Gasteiger partial charge in [0.15, 0.2) is 0 Å². The van der Waals surface area contributed by atoms with E-state index < -0.39 is 12.0 Å². The molecule has 5 nitrogen and oxygen atoms in total. The molecule has 2 amide bonds. The number of benzene rings is 1. The first-order chi connectivity index (χ1) is 8.81. The summed E-state index contributed by atoms with van der Waals surface area (Å²) in [6.45, 7) is 3.74. The molecule has 8 heteroatoms. The van der Waals surface area contributed by atoms with Gasteiger partial charge in [0.1, 0.15) is 0 Å². The lowest BCUT2D eigenvalue weighted by molar-refractivity contribution is 0.0698. The molecule has 0 aliphatic heterocycles. The fourth-order valence-electron chi connectivity index (χ4n) is 1.20. The van der Waals surface area contributed by atoms with E-state index in [-0.39, 0.29) is 27.8 Å². The van der Waals surface area contributed by atoms with Crippen LogP contribution in [-0.2, 0) is 0 Å². The maximum atomic E-state index is 11.6. The van der Waals surface area contributed by atoms with Crippen molar-refractivity contribution in [2.75, 3.05) is 11.9 Å². The Labute approximate surface area is 127 Å². The average molecular weight is 368 g/mol. The number of carbonyl (C=O) groups excluding carboxylic acids is 1. The largest absolute Gasteiger partial charge is 0.478 e. The fraction of sp³-hybridized carbons (Fsp3) is 0.0909. The smallest absolute Gasteiger partial charge is 0.337 e. The van der Waals surface area contributed by atoms with Crippen LogP contribution in [0.2, 0.25) is 10.0 Å². The molecule has 0 radical (unpaired) electrons. The molecule has 102 valence electrons. The van der Waals surface area contributed by atoms with Gasteiger partial charge >= 0.3 is 12.0 Å². The highest BCUT2D eigenvalue weighted by Crippen LogP contribution is 2.30. The number of aromatic carboxylic acids is 1. The Morgan fingerprint density at radius 2 is 2.00 bits per heavy atom. The van der Waals surface area contributed by atoms with Gasteiger partial charge in [0.25, 0.3) is 0 Å². The van der Waals surface area contributed by atoms with Crippen LogP contribution in [0, 0.1) is 0 Å². The van der Waals surface area contributed by atoms with Crippen molar-refractivity contribution in [1.29, 1.82) is 0 Å². The van der Waals surface area contributed by atoms with Crippen molar-refractivity contribution in [3.05, 3.63) is 38.8 Å². The third kappa shape index (κ3) is 4.74. The number of urea groups is 1. The molecule has 1 aromatic rings. The Bertz CT molecular complexity index is 549. The molecule has 0 aliphatic carbocycles. The minimum Gasteiger partial charge on any atom is -0.478 e. The number of carboxylic acid groups (broad SMARTS) is 1. The van der Waals surface area contributed by atoms with Crippen molar-refractivity contribution in [2.45, 2.75) is 0 Å². The molecule has 3 N–H and O–H groups in total. The number of carbonyl (C=O) groups is 2. The van der Waals surface area contributed by atoms with Gasteiger partial charge in [-0.2, -0.15) is 0 Å². The quantitative estimate of drug-likeness (QED) is 0.758. The second-order valence-corrected chi connectivity index (χ2v) is 5.41. The minimum atomic E-state index is -1.25. The van der Waals surface area contributed by atoms with Crippen LogP contribution < -0.4 is 10.6 Å². The van der Waals surface area contributed by atoms with E-state index in [1.54, 1.807) is 0 Å². The number of rotatable bonds is 4. The van der Waals surface area contributed by atoms with Crippen LogP contribution >= 0.6 is 39.1 Å². The minimum absolute atomic E-state index is 0.0174. The summed E-state index contributed by atoms with van der Waals surface area (Å²) in [5.74, 6) is -1.25. The first-order valence-electron chi connectivity index (χ1n) is 4.91. The zero-order chi connectivity index (χ0) is 14.6. The Morgan fingerprint density at radius 3 is 2.53 bits per heavy atom. The maximum Gasteiger partial charge on any atom is 0.337 e. The predicted octanol–water partition coefficient (Wildman–Crippen LogP) is 3.72. The van der Waals surface area contributed by atoms with Crippen LogP contribution in [-0.4, -0.2) is 23.7 Å². The SMILES string of the molecule is C=C(Br)CNC(=O)Nc1c(Cl)cc(Cl)cc1C(=O)O. The second-order valence-electron chi connectivity index (χ2n) is 3.44. The third-order valence-corrected chi connectivity index (χ3v) is 2.76. The van der Waals surface area contributed by atoms with Crippen LogP contribution in [0.3, 0.4) is 0 Å². The van der Waals surface area contributed by atoms with Gasteiger partial charge in [-0.25, -0.2) is 9.59 Å². The number of amides is 2. The van der Waals surface area contributed by atoms with Crippen LogP contribution in [0.25, 0.3) is 0 Å². The first-order valence-corrected chi connectivity index (χ1v) is 6.46. The summed E-state index contributed by atoms with van der Waals surface area (Å²) in [5, 5.41) is 14.1. The van der Waals surface area contributed by atoms with Crippen molar-refractivity contribution in [2.24, 2.45) is 0 Å². The fourth-order valence-corrected chi connectivity index (χ4v) is 1.88. The van der Waals surface area contributed by atoms with Crippen LogP contribution in [0.15, 0.2) is 23.2 Å². The van der Waals surface area contributed by atoms with Gasteiger partial charge in [-0.1, -0.05) is 45.7 Å². The number of anilines is 1. The van der Waals surface area contributed by atoms with E-state index in [4.69, 9.17) is 28.3 Å². The van der Waals surface area contributed by atoms with E-state index in [9.17, 15) is 9.59 Å². The summed E-state index contributed by atoms with van der Waals surface area (Å²) in [6, 6.07) is 1.94. The van der Waals surface area contributed by atoms with Gasteiger partial charge in [-0.15, -0.1) is 0 Å². The Morgan fingerprint density at radius 1 is 1.37 bits per heavy atom. The second kappa shape index (κ2) is 6.79. The molecular formula is C11H9BrCl2N2O3. The van der Waals surface area contributed by atoms with E-state index in [0.717, 1.165) is 0 Å². The maximum absolute atomic E-state index is 11.6. The highest BCUT2D eigenvalue weighted by molar-refractivity contribution is 9.11. The molecule has 0 aliphatic rings.